The summed E-state index contributed by atoms with van der Waals surface area (Å²) in [6, 6.07) is 8.70. The lowest BCUT2D eigenvalue weighted by atomic mass is 10.1. The number of esters is 1. The van der Waals surface area contributed by atoms with Crippen LogP contribution in [0.4, 0.5) is 24.5 Å². The van der Waals surface area contributed by atoms with Crippen molar-refractivity contribution in [2.45, 2.75) is 13.1 Å². The minimum atomic E-state index is -4.53. The van der Waals surface area contributed by atoms with Gasteiger partial charge in [-0.1, -0.05) is 6.07 Å². The largest absolute Gasteiger partial charge is 0.478 e. The van der Waals surface area contributed by atoms with Gasteiger partial charge in [-0.15, -0.1) is 0 Å². The molecule has 0 unspecified atom stereocenters. The van der Waals surface area contributed by atoms with E-state index in [1.165, 1.54) is 30.3 Å². The zero-order chi connectivity index (χ0) is 21.2. The first-order valence-electron chi connectivity index (χ1n) is 8.48. The van der Waals surface area contributed by atoms with E-state index in [4.69, 9.17) is 9.84 Å². The maximum atomic E-state index is 13.0. The molecular formula is C20H15F3N2O4. The van der Waals surface area contributed by atoms with Gasteiger partial charge in [-0.05, 0) is 43.3 Å². The number of carbonyl (C=O) groups excluding carboxylic acids is 1. The van der Waals surface area contributed by atoms with E-state index < -0.39 is 23.7 Å². The van der Waals surface area contributed by atoms with Gasteiger partial charge in [0.15, 0.2) is 0 Å². The minimum Gasteiger partial charge on any atom is -0.478 e. The van der Waals surface area contributed by atoms with Gasteiger partial charge < -0.3 is 15.2 Å². The van der Waals surface area contributed by atoms with Crippen LogP contribution >= 0.6 is 0 Å². The van der Waals surface area contributed by atoms with E-state index in [0.29, 0.717) is 5.69 Å². The number of carbonyl (C=O) groups is 2. The molecule has 0 fully saturated rings. The molecule has 0 aliphatic carbocycles. The molecule has 2 aromatic carbocycles. The molecule has 150 valence electrons. The van der Waals surface area contributed by atoms with Gasteiger partial charge in [0.1, 0.15) is 5.56 Å². The van der Waals surface area contributed by atoms with Gasteiger partial charge in [0.05, 0.1) is 28.9 Å². The van der Waals surface area contributed by atoms with Gasteiger partial charge in [0, 0.05) is 17.3 Å². The molecule has 0 radical (unpaired) electrons. The van der Waals surface area contributed by atoms with E-state index in [-0.39, 0.29) is 34.3 Å². The van der Waals surface area contributed by atoms with Crippen LogP contribution in [-0.4, -0.2) is 28.6 Å². The summed E-state index contributed by atoms with van der Waals surface area (Å²) in [5, 5.41) is 12.2. The summed E-state index contributed by atoms with van der Waals surface area (Å²) in [7, 11) is 0. The summed E-state index contributed by atoms with van der Waals surface area (Å²) in [5.41, 5.74) is -0.0640. The third kappa shape index (κ3) is 4.29. The fourth-order valence-electron chi connectivity index (χ4n) is 2.71. The average molecular weight is 404 g/mol. The van der Waals surface area contributed by atoms with Gasteiger partial charge in [-0.25, -0.2) is 9.59 Å². The second kappa shape index (κ2) is 7.78. The molecule has 0 saturated heterocycles. The Bertz CT molecular complexity index is 1080. The van der Waals surface area contributed by atoms with Gasteiger partial charge in [0.2, 0.25) is 0 Å². The molecule has 0 bridgehead atoms. The molecule has 1 aromatic heterocycles. The Kier molecular flexibility index (Phi) is 5.40. The highest BCUT2D eigenvalue weighted by Crippen LogP contribution is 2.35. The van der Waals surface area contributed by atoms with Crippen LogP contribution in [0.1, 0.15) is 33.2 Å². The maximum Gasteiger partial charge on any atom is 0.416 e. The first kappa shape index (κ1) is 20.1. The number of rotatable bonds is 5. The van der Waals surface area contributed by atoms with Crippen molar-refractivity contribution in [1.82, 2.24) is 4.98 Å². The van der Waals surface area contributed by atoms with Crippen LogP contribution in [0.5, 0.6) is 0 Å². The van der Waals surface area contributed by atoms with E-state index >= 15 is 0 Å². The molecule has 0 aliphatic rings. The number of fused-ring (bicyclic) bond motifs is 1. The van der Waals surface area contributed by atoms with Gasteiger partial charge in [0.25, 0.3) is 0 Å². The summed E-state index contributed by atoms with van der Waals surface area (Å²) in [5.74, 6) is -1.79. The highest BCUT2D eigenvalue weighted by Gasteiger charge is 2.31. The summed E-state index contributed by atoms with van der Waals surface area (Å²) in [6.45, 7) is 1.73. The molecular weight excluding hydrogens is 389 g/mol. The molecule has 0 spiro atoms. The standard InChI is InChI=1S/C20H15F3N2O4/c1-2-29-19(28)15-10-24-16-9-12(20(21,22)23)5-8-14(16)17(15)25-13-6-3-11(4-7-13)18(26)27/h3-10H,2H2,1H3,(H,24,25)(H,26,27). The minimum absolute atomic E-state index is 0.0394. The van der Waals surface area contributed by atoms with Crippen LogP contribution in [0.15, 0.2) is 48.7 Å². The topological polar surface area (TPSA) is 88.5 Å². The van der Waals surface area contributed by atoms with Crippen LogP contribution in [0.25, 0.3) is 10.9 Å². The molecule has 0 amide bonds. The van der Waals surface area contributed by atoms with Crippen molar-refractivity contribution in [2.24, 2.45) is 0 Å². The second-order valence-corrected chi connectivity index (χ2v) is 6.00. The number of anilines is 2. The highest BCUT2D eigenvalue weighted by molar-refractivity contribution is 6.06. The quantitative estimate of drug-likeness (QED) is 0.590. The molecule has 0 saturated carbocycles. The molecule has 3 aromatic rings. The highest BCUT2D eigenvalue weighted by atomic mass is 19.4. The zero-order valence-corrected chi connectivity index (χ0v) is 15.1. The number of hydrogen-bond acceptors (Lipinski definition) is 5. The van der Waals surface area contributed by atoms with E-state index in [0.717, 1.165) is 18.3 Å². The maximum absolute atomic E-state index is 13.0. The molecule has 29 heavy (non-hydrogen) atoms. The monoisotopic (exact) mass is 404 g/mol. The second-order valence-electron chi connectivity index (χ2n) is 6.00. The number of nitrogens with zero attached hydrogens (tertiary/aromatic N) is 1. The number of aromatic nitrogens is 1. The van der Waals surface area contributed by atoms with Crippen molar-refractivity contribution in [3.63, 3.8) is 0 Å². The third-order valence-electron chi connectivity index (χ3n) is 4.09. The molecule has 3 rings (SSSR count). The average Bonchev–Trinajstić information content (AvgIpc) is 2.67. The summed E-state index contributed by atoms with van der Waals surface area (Å²) in [4.78, 5) is 27.3. The number of pyridine rings is 1. The van der Waals surface area contributed by atoms with Crippen molar-refractivity contribution in [2.75, 3.05) is 11.9 Å². The number of nitrogens with one attached hydrogen (secondary N) is 1. The molecule has 2 N–H and O–H groups in total. The molecule has 6 nitrogen and oxygen atoms in total. The van der Waals surface area contributed by atoms with Crippen molar-refractivity contribution in [3.8, 4) is 0 Å². The molecule has 1 heterocycles. The number of carboxylic acid groups (broad SMARTS) is 1. The number of alkyl halides is 3. The number of hydrogen-bond donors (Lipinski definition) is 2. The van der Waals surface area contributed by atoms with E-state index in [9.17, 15) is 22.8 Å². The Balaban J connectivity index is 2.12. The fraction of sp³-hybridized carbons (Fsp3) is 0.150. The number of aromatic carboxylic acids is 1. The normalized spacial score (nSPS) is 11.3. The lowest BCUT2D eigenvalue weighted by molar-refractivity contribution is -0.137. The number of ether oxygens (including phenoxy) is 1. The Labute approximate surface area is 162 Å². The van der Waals surface area contributed by atoms with Crippen LogP contribution in [0.2, 0.25) is 0 Å². The Morgan fingerprint density at radius 2 is 1.83 bits per heavy atom. The van der Waals surface area contributed by atoms with Crippen molar-refractivity contribution in [1.29, 1.82) is 0 Å². The van der Waals surface area contributed by atoms with Crippen molar-refractivity contribution >= 4 is 34.2 Å². The van der Waals surface area contributed by atoms with Gasteiger partial charge >= 0.3 is 18.1 Å². The van der Waals surface area contributed by atoms with E-state index in [1.54, 1.807) is 6.92 Å². The molecule has 9 heteroatoms. The van der Waals surface area contributed by atoms with Crippen molar-refractivity contribution in [3.05, 3.63) is 65.4 Å². The van der Waals surface area contributed by atoms with E-state index in [2.05, 4.69) is 10.3 Å². The lowest BCUT2D eigenvalue weighted by Gasteiger charge is -2.15. The first-order chi connectivity index (χ1) is 13.7. The first-order valence-corrected chi connectivity index (χ1v) is 8.48. The summed E-state index contributed by atoms with van der Waals surface area (Å²) >= 11 is 0. The van der Waals surface area contributed by atoms with Crippen molar-refractivity contribution < 1.29 is 32.6 Å². The van der Waals surface area contributed by atoms with Gasteiger partial charge in [-0.2, -0.15) is 13.2 Å². The predicted molar refractivity (Wildman–Crippen MR) is 99.4 cm³/mol. The van der Waals surface area contributed by atoms with Crippen LogP contribution < -0.4 is 5.32 Å². The number of carboxylic acids is 1. The lowest BCUT2D eigenvalue weighted by Crippen LogP contribution is -2.10. The molecule has 0 aliphatic heterocycles. The van der Waals surface area contributed by atoms with Gasteiger partial charge in [-0.3, -0.25) is 4.98 Å². The summed E-state index contributed by atoms with van der Waals surface area (Å²) < 4.78 is 44.0. The van der Waals surface area contributed by atoms with Crippen LogP contribution in [-0.2, 0) is 10.9 Å². The van der Waals surface area contributed by atoms with Crippen LogP contribution in [0, 0.1) is 0 Å². The number of halogens is 3. The van der Waals surface area contributed by atoms with E-state index in [1.807, 2.05) is 0 Å². The van der Waals surface area contributed by atoms with Crippen LogP contribution in [0.3, 0.4) is 0 Å². The Hall–Kier alpha value is -3.62. The predicted octanol–water partition coefficient (Wildman–Crippen LogP) is 4.87. The number of benzene rings is 2. The third-order valence-corrected chi connectivity index (χ3v) is 4.09. The Morgan fingerprint density at radius 1 is 1.14 bits per heavy atom. The molecule has 0 atom stereocenters. The SMILES string of the molecule is CCOC(=O)c1cnc2cc(C(F)(F)F)ccc2c1Nc1ccc(C(=O)O)cc1. The smallest absolute Gasteiger partial charge is 0.416 e. The zero-order valence-electron chi connectivity index (χ0n) is 15.1. The summed E-state index contributed by atoms with van der Waals surface area (Å²) in [6.07, 6.45) is -3.38. The fourth-order valence-corrected chi connectivity index (χ4v) is 2.71. The Morgan fingerprint density at radius 3 is 2.41 bits per heavy atom.